The van der Waals surface area contributed by atoms with E-state index < -0.39 is 0 Å². The molecular weight excluding hydrogens is 276 g/mol. The Labute approximate surface area is 128 Å². The lowest BCUT2D eigenvalue weighted by molar-refractivity contribution is 0.102. The maximum Gasteiger partial charge on any atom is 0.255 e. The smallest absolute Gasteiger partial charge is 0.255 e. The van der Waals surface area contributed by atoms with Gasteiger partial charge in [0.2, 0.25) is 0 Å². The Morgan fingerprint density at radius 3 is 2.32 bits per heavy atom. The molecule has 0 aliphatic heterocycles. The van der Waals surface area contributed by atoms with Gasteiger partial charge in [-0.15, -0.1) is 0 Å². The summed E-state index contributed by atoms with van der Waals surface area (Å²) in [6.07, 6.45) is 3.33. The van der Waals surface area contributed by atoms with Crippen molar-refractivity contribution in [1.82, 2.24) is 4.98 Å². The molecule has 0 unspecified atom stereocenters. The van der Waals surface area contributed by atoms with Gasteiger partial charge in [-0.2, -0.15) is 0 Å². The zero-order valence-electron chi connectivity index (χ0n) is 11.8. The van der Waals surface area contributed by atoms with Crippen LogP contribution in [0.4, 0.5) is 5.69 Å². The number of aromatic nitrogens is 1. The maximum atomic E-state index is 12.0. The Bertz CT molecular complexity index is 741. The van der Waals surface area contributed by atoms with Crippen molar-refractivity contribution in [3.05, 3.63) is 84.7 Å². The van der Waals surface area contributed by atoms with Crippen LogP contribution in [0.25, 0.3) is 0 Å². The molecular formula is C18H14N2O2. The highest BCUT2D eigenvalue weighted by Gasteiger charge is 2.05. The number of nitrogens with zero attached hydrogens (tertiary/aromatic N) is 1. The van der Waals surface area contributed by atoms with Gasteiger partial charge in [0.05, 0.1) is 6.20 Å². The Morgan fingerprint density at radius 1 is 0.864 bits per heavy atom. The predicted molar refractivity (Wildman–Crippen MR) is 85.1 cm³/mol. The third-order valence-electron chi connectivity index (χ3n) is 3.02. The number of nitrogens with one attached hydrogen (secondary N) is 1. The van der Waals surface area contributed by atoms with Gasteiger partial charge in [-0.05, 0) is 48.5 Å². The first kappa shape index (κ1) is 13.8. The quantitative estimate of drug-likeness (QED) is 0.786. The molecule has 4 nitrogen and oxygen atoms in total. The second-order valence-corrected chi connectivity index (χ2v) is 4.64. The maximum absolute atomic E-state index is 12.0. The lowest BCUT2D eigenvalue weighted by Gasteiger charge is -2.08. The largest absolute Gasteiger partial charge is 0.456 e. The normalized spacial score (nSPS) is 10.0. The molecule has 22 heavy (non-hydrogen) atoms. The first-order valence-electron chi connectivity index (χ1n) is 6.85. The number of pyridine rings is 1. The molecule has 4 heteroatoms. The predicted octanol–water partition coefficient (Wildman–Crippen LogP) is 4.13. The molecule has 0 saturated heterocycles. The van der Waals surface area contributed by atoms with Gasteiger partial charge < -0.3 is 10.1 Å². The molecule has 0 fully saturated rings. The van der Waals surface area contributed by atoms with Gasteiger partial charge in [0.1, 0.15) is 11.5 Å². The minimum atomic E-state index is -0.137. The van der Waals surface area contributed by atoms with E-state index in [9.17, 15) is 4.79 Å². The number of hydrogen-bond acceptors (Lipinski definition) is 3. The van der Waals surface area contributed by atoms with E-state index in [4.69, 9.17) is 4.74 Å². The average molecular weight is 290 g/mol. The number of anilines is 1. The number of carbonyl (C=O) groups is 1. The molecule has 1 aromatic heterocycles. The molecule has 0 spiro atoms. The fourth-order valence-corrected chi connectivity index (χ4v) is 1.94. The van der Waals surface area contributed by atoms with Crippen LogP contribution < -0.4 is 10.1 Å². The van der Waals surface area contributed by atoms with Gasteiger partial charge in [-0.25, -0.2) is 0 Å². The molecule has 1 amide bonds. The molecule has 1 N–H and O–H groups in total. The van der Waals surface area contributed by atoms with Gasteiger partial charge in [-0.1, -0.05) is 18.2 Å². The summed E-state index contributed by atoms with van der Waals surface area (Å²) >= 11 is 0. The van der Waals surface area contributed by atoms with Crippen molar-refractivity contribution in [2.75, 3.05) is 5.32 Å². The van der Waals surface area contributed by atoms with E-state index in [1.165, 1.54) is 0 Å². The van der Waals surface area contributed by atoms with Crippen LogP contribution in [0.1, 0.15) is 10.4 Å². The topological polar surface area (TPSA) is 51.2 Å². The van der Waals surface area contributed by atoms with Crippen molar-refractivity contribution in [3.8, 4) is 11.5 Å². The van der Waals surface area contributed by atoms with Crippen LogP contribution in [0.5, 0.6) is 11.5 Å². The fourth-order valence-electron chi connectivity index (χ4n) is 1.94. The van der Waals surface area contributed by atoms with Crippen molar-refractivity contribution in [2.24, 2.45) is 0 Å². The summed E-state index contributed by atoms with van der Waals surface area (Å²) in [7, 11) is 0. The molecule has 0 aliphatic rings. The van der Waals surface area contributed by atoms with E-state index in [1.807, 2.05) is 30.3 Å². The number of hydrogen-bond donors (Lipinski definition) is 1. The Hall–Kier alpha value is -3.14. The molecule has 3 rings (SSSR count). The highest BCUT2D eigenvalue weighted by molar-refractivity contribution is 6.04. The van der Waals surface area contributed by atoms with E-state index in [1.54, 1.807) is 48.8 Å². The zero-order chi connectivity index (χ0) is 15.2. The van der Waals surface area contributed by atoms with Crippen LogP contribution >= 0.6 is 0 Å². The Kier molecular flexibility index (Phi) is 4.11. The average Bonchev–Trinajstić information content (AvgIpc) is 2.58. The summed E-state index contributed by atoms with van der Waals surface area (Å²) in [6.45, 7) is 0. The second-order valence-electron chi connectivity index (χ2n) is 4.64. The van der Waals surface area contributed by atoms with Crippen LogP contribution in [0.3, 0.4) is 0 Å². The lowest BCUT2D eigenvalue weighted by Crippen LogP contribution is -2.11. The summed E-state index contributed by atoms with van der Waals surface area (Å²) < 4.78 is 5.65. The molecule has 0 saturated carbocycles. The summed E-state index contributed by atoms with van der Waals surface area (Å²) in [4.78, 5) is 16.0. The molecule has 0 bridgehead atoms. The van der Waals surface area contributed by atoms with E-state index in [0.29, 0.717) is 22.7 Å². The number of rotatable bonds is 4. The molecule has 1 heterocycles. The molecule has 3 aromatic rings. The Balaban J connectivity index is 1.66. The molecule has 0 atom stereocenters. The van der Waals surface area contributed by atoms with Crippen LogP contribution in [0, 0.1) is 0 Å². The van der Waals surface area contributed by atoms with Gasteiger partial charge in [0.25, 0.3) is 5.91 Å². The fraction of sp³-hybridized carbons (Fsp3) is 0. The van der Waals surface area contributed by atoms with Crippen LogP contribution in [-0.2, 0) is 0 Å². The first-order valence-corrected chi connectivity index (χ1v) is 6.85. The van der Waals surface area contributed by atoms with Gasteiger partial charge in [0.15, 0.2) is 0 Å². The number of ether oxygens (including phenoxy) is 1. The lowest BCUT2D eigenvalue weighted by atomic mass is 10.2. The van der Waals surface area contributed by atoms with Crippen molar-refractivity contribution < 1.29 is 9.53 Å². The highest BCUT2D eigenvalue weighted by atomic mass is 16.5. The SMILES string of the molecule is O=C(Nc1ccc(Oc2cccnc2)cc1)c1ccccc1. The molecule has 0 radical (unpaired) electrons. The first-order chi connectivity index (χ1) is 10.8. The molecule has 2 aromatic carbocycles. The van der Waals surface area contributed by atoms with Crippen molar-refractivity contribution >= 4 is 11.6 Å². The van der Waals surface area contributed by atoms with E-state index in [2.05, 4.69) is 10.3 Å². The van der Waals surface area contributed by atoms with E-state index in [0.717, 1.165) is 0 Å². The minimum absolute atomic E-state index is 0.137. The van der Waals surface area contributed by atoms with Crippen molar-refractivity contribution in [2.45, 2.75) is 0 Å². The summed E-state index contributed by atoms with van der Waals surface area (Å²) in [6, 6.07) is 19.9. The van der Waals surface area contributed by atoms with Gasteiger partial charge >= 0.3 is 0 Å². The number of benzene rings is 2. The number of amides is 1. The third-order valence-corrected chi connectivity index (χ3v) is 3.02. The van der Waals surface area contributed by atoms with E-state index >= 15 is 0 Å². The third kappa shape index (κ3) is 3.49. The van der Waals surface area contributed by atoms with Gasteiger partial charge in [-0.3, -0.25) is 9.78 Å². The number of carbonyl (C=O) groups excluding carboxylic acids is 1. The zero-order valence-corrected chi connectivity index (χ0v) is 11.8. The second kappa shape index (κ2) is 6.54. The summed E-state index contributed by atoms with van der Waals surface area (Å²) in [5, 5.41) is 2.84. The summed E-state index contributed by atoms with van der Waals surface area (Å²) in [5.41, 5.74) is 1.34. The Morgan fingerprint density at radius 2 is 1.64 bits per heavy atom. The van der Waals surface area contributed by atoms with Crippen LogP contribution in [0.15, 0.2) is 79.1 Å². The standard InChI is InChI=1S/C18H14N2O2/c21-18(14-5-2-1-3-6-14)20-15-8-10-16(11-9-15)22-17-7-4-12-19-13-17/h1-13H,(H,20,21). The van der Waals surface area contributed by atoms with E-state index in [-0.39, 0.29) is 5.91 Å². The van der Waals surface area contributed by atoms with Crippen molar-refractivity contribution in [3.63, 3.8) is 0 Å². The molecule has 0 aliphatic carbocycles. The van der Waals surface area contributed by atoms with Crippen molar-refractivity contribution in [1.29, 1.82) is 0 Å². The molecule has 108 valence electrons. The summed E-state index contributed by atoms with van der Waals surface area (Å²) in [5.74, 6) is 1.22. The van der Waals surface area contributed by atoms with Gasteiger partial charge in [0, 0.05) is 17.4 Å². The van der Waals surface area contributed by atoms with Crippen LogP contribution in [0.2, 0.25) is 0 Å². The monoisotopic (exact) mass is 290 g/mol. The minimum Gasteiger partial charge on any atom is -0.456 e. The van der Waals surface area contributed by atoms with Crippen LogP contribution in [-0.4, -0.2) is 10.9 Å². The highest BCUT2D eigenvalue weighted by Crippen LogP contribution is 2.22.